The predicted octanol–water partition coefficient (Wildman–Crippen LogP) is 16.5. The average Bonchev–Trinajstić information content (AvgIpc) is 1.65. The number of carboxylic acid groups (broad SMARTS) is 3. The van der Waals surface area contributed by atoms with Crippen LogP contribution in [0.5, 0.6) is 0 Å². The lowest BCUT2D eigenvalue weighted by molar-refractivity contribution is -0.155. The molecular formula is C112H161F2N21O14. The van der Waals surface area contributed by atoms with E-state index in [0.717, 1.165) is 254 Å². The molecule has 6 aromatic heterocycles. The van der Waals surface area contributed by atoms with Gasteiger partial charge in [-0.25, -0.2) is 42.6 Å². The molecule has 2 unspecified atom stereocenters. The maximum atomic E-state index is 15.2. The fraction of sp³-hybridized carbons (Fsp3) is 0.562. The van der Waals surface area contributed by atoms with Crippen LogP contribution < -0.4 is 48.7 Å². The van der Waals surface area contributed by atoms with Crippen molar-refractivity contribution in [3.05, 3.63) is 171 Å². The molecule has 5 fully saturated rings. The van der Waals surface area contributed by atoms with Crippen LogP contribution in [0.2, 0.25) is 0 Å². The number of carbonyl (C=O) groups is 7. The number of nitrogens with one attached hydrogen (secondary N) is 7. The van der Waals surface area contributed by atoms with Crippen molar-refractivity contribution in [3.63, 3.8) is 0 Å². The number of carbonyl (C=O) groups excluding carboxylic acids is 4. The minimum atomic E-state index is -1.24. The number of nitrogens with zero attached hydrogens (tertiary/aromatic N) is 12. The molecule has 14 N–H and O–H groups in total. The number of amides is 4. The Morgan fingerprint density at radius 1 is 0.470 bits per heavy atom. The third kappa shape index (κ3) is 32.9. The number of unbranched alkanes of at least 4 members (excludes halogenated alkanes) is 3. The molecule has 4 aromatic carbocycles. The lowest BCUT2D eigenvalue weighted by Gasteiger charge is -2.40. The van der Waals surface area contributed by atoms with Crippen LogP contribution >= 0.6 is 0 Å². The topological polar surface area (TPSA) is 455 Å². The molecule has 37 heteroatoms. The van der Waals surface area contributed by atoms with E-state index in [4.69, 9.17) is 55.6 Å². The summed E-state index contributed by atoms with van der Waals surface area (Å²) in [5.74, 6) is -8.37. The number of pyridine rings is 3. The quantitative estimate of drug-likeness (QED) is 0.0158. The van der Waals surface area contributed by atoms with Gasteiger partial charge in [-0.05, 0) is 202 Å². The van der Waals surface area contributed by atoms with Crippen molar-refractivity contribution in [2.45, 2.75) is 314 Å². The van der Waals surface area contributed by atoms with Crippen molar-refractivity contribution in [2.75, 3.05) is 94.9 Å². The largest absolute Gasteiger partial charge is 0.481 e. The molecule has 0 aliphatic carbocycles. The van der Waals surface area contributed by atoms with Gasteiger partial charge in [-0.2, -0.15) is 15.3 Å². The zero-order chi connectivity index (χ0) is 107. The summed E-state index contributed by atoms with van der Waals surface area (Å²) in [6.07, 6.45) is 18.8. The minimum absolute atomic E-state index is 0.0652. The Balaban J connectivity index is 0.000000191. The summed E-state index contributed by atoms with van der Waals surface area (Å²) in [5, 5.41) is 66.3. The number of halogens is 2. The summed E-state index contributed by atoms with van der Waals surface area (Å²) >= 11 is 0. The van der Waals surface area contributed by atoms with E-state index in [2.05, 4.69) is 108 Å². The number of anilines is 3. The molecule has 15 rings (SSSR count). The second kappa shape index (κ2) is 58.2. The van der Waals surface area contributed by atoms with Gasteiger partial charge in [0, 0.05) is 219 Å². The summed E-state index contributed by atoms with van der Waals surface area (Å²) in [7, 11) is 0. The number of benzene rings is 4. The highest BCUT2D eigenvalue weighted by Crippen LogP contribution is 2.37. The van der Waals surface area contributed by atoms with Gasteiger partial charge in [-0.15, -0.1) is 0 Å². The number of ether oxygens (including phenoxy) is 4. The monoisotopic (exact) mass is 2060 g/mol. The first kappa shape index (κ1) is 117. The van der Waals surface area contributed by atoms with Crippen LogP contribution in [0.1, 0.15) is 249 Å². The molecule has 5 aliphatic heterocycles. The highest BCUT2D eigenvalue weighted by molar-refractivity contribution is 6.01. The minimum Gasteiger partial charge on any atom is -0.481 e. The molecule has 812 valence electrons. The van der Waals surface area contributed by atoms with Gasteiger partial charge in [0.05, 0.1) is 51.8 Å². The fourth-order valence-corrected chi connectivity index (χ4v) is 19.5. The Hall–Kier alpha value is -12.2. The van der Waals surface area contributed by atoms with Gasteiger partial charge in [0.1, 0.15) is 29.1 Å². The van der Waals surface area contributed by atoms with Gasteiger partial charge >= 0.3 is 24.0 Å². The van der Waals surface area contributed by atoms with Crippen LogP contribution in [0.4, 0.5) is 30.6 Å². The molecule has 5 saturated heterocycles. The third-order valence-corrected chi connectivity index (χ3v) is 27.8. The van der Waals surface area contributed by atoms with Crippen LogP contribution in [-0.2, 0) is 132 Å². The highest BCUT2D eigenvalue weighted by atomic mass is 19.1. The molecule has 10 aromatic rings. The summed E-state index contributed by atoms with van der Waals surface area (Å²) in [6, 6.07) is 27.4. The second-order valence-corrected chi connectivity index (χ2v) is 40.0. The maximum Gasteiger partial charge on any atom is 0.410 e. The molecule has 0 saturated carbocycles. The fourth-order valence-electron chi connectivity index (χ4n) is 19.5. The Bertz CT molecular complexity index is 6030. The van der Waals surface area contributed by atoms with E-state index in [1.165, 1.54) is 12.1 Å². The molecular weight excluding hydrogens is 1900 g/mol. The van der Waals surface area contributed by atoms with Crippen LogP contribution in [-0.4, -0.2) is 231 Å². The van der Waals surface area contributed by atoms with E-state index in [9.17, 15) is 43.1 Å². The normalized spacial score (nSPS) is 16.4. The Kier molecular flexibility index (Phi) is 45.7. The van der Waals surface area contributed by atoms with Gasteiger partial charge < -0.3 is 87.9 Å². The summed E-state index contributed by atoms with van der Waals surface area (Å²) in [5.41, 5.74) is 29.2. The zero-order valence-electron chi connectivity index (χ0n) is 89.8. The summed E-state index contributed by atoms with van der Waals surface area (Å²) in [6.45, 7) is 43.0. The maximum absolute atomic E-state index is 15.2. The number of rotatable bonds is 41. The Morgan fingerprint density at radius 2 is 0.859 bits per heavy atom. The molecule has 0 radical (unpaired) electrons. The number of aliphatic carboxylic acids is 3. The Labute approximate surface area is 875 Å². The van der Waals surface area contributed by atoms with E-state index in [1.54, 1.807) is 23.1 Å². The van der Waals surface area contributed by atoms with Crippen molar-refractivity contribution >= 4 is 91.9 Å². The molecule has 11 heterocycles. The number of nitrogens with two attached hydrogens (primary N) is 2. The standard InChI is InChI=1S/C42H57FN8O3.C24H32FN3O2.C23H35N5O4.C16H25N5O.C7H12O4/c1-5-8-12-33(42(53)46-24-35-38(6-2)49-40-36(25-47-51(40)7-3)39(35)48-32-15-19-54-20-16-32)41(52)45-23-29-13-14-37(43)34(22-29)31-11-9-10-30(21-31)27-50-18-17-44-28(4)26-50;1-17-15-27(10-11-28(17)23(29)30-24(2,3)4)16-19-6-5-7-20(12-19)21-13-18(14-26)8-9-22(21)25;1-4-7-8-16(23(30)31)22(29)24-13-17-19(5-2)27-21-18(14-25-28(21)6-3)20(17)26-15-9-11-32-12-10-15;1-3-14-12(9-17)15(19-11-5-7-22-8-6-11)13-10-18-21(4-2)16(13)20-14;1-2-3-4-5(6(8)9)7(10)11/h9-11,13-14,21-22,25,28,32-33,44H,5-8,12,15-20,23-24,26-27H2,1-4H3,(H,45,52)(H,46,53)(H,48,49);5-9,12-13,17H,10-11,14-16,26H2,1-4H3;14-16H,4-13H2,1-3H3,(H,24,29)(H,26,27)(H,30,31);10-11H,3-9,17H2,1-2H3,(H,19,20);5H,2-4H2,1H3,(H,8,9)(H,10,11)/t28-,33?;17-;;;/m00.../s1. The van der Waals surface area contributed by atoms with Gasteiger partial charge in [-0.3, -0.25) is 38.6 Å². The zero-order valence-corrected chi connectivity index (χ0v) is 89.8. The number of hydrogen-bond acceptors (Lipinski definition) is 25. The first-order valence-corrected chi connectivity index (χ1v) is 53.8. The summed E-state index contributed by atoms with van der Waals surface area (Å²) < 4.78 is 57.4. The van der Waals surface area contributed by atoms with E-state index in [0.29, 0.717) is 121 Å². The molecule has 0 spiro atoms. The van der Waals surface area contributed by atoms with Crippen LogP contribution in [0.25, 0.3) is 55.4 Å². The van der Waals surface area contributed by atoms with E-state index in [-0.39, 0.29) is 73.7 Å². The lowest BCUT2D eigenvalue weighted by Crippen LogP contribution is -2.54. The number of piperazine rings is 2. The van der Waals surface area contributed by atoms with Crippen LogP contribution in [0.3, 0.4) is 0 Å². The first-order valence-electron chi connectivity index (χ1n) is 53.8. The van der Waals surface area contributed by atoms with Crippen molar-refractivity contribution in [1.82, 2.24) is 80.3 Å². The van der Waals surface area contributed by atoms with Crippen LogP contribution in [0, 0.1) is 29.4 Å². The van der Waals surface area contributed by atoms with E-state index >= 15 is 4.39 Å². The van der Waals surface area contributed by atoms with Gasteiger partial charge in [0.2, 0.25) is 17.7 Å². The lowest BCUT2D eigenvalue weighted by atomic mass is 9.98. The third-order valence-electron chi connectivity index (χ3n) is 27.8. The molecule has 0 bridgehead atoms. The number of aryl methyl sites for hydroxylation is 6. The average molecular weight is 2060 g/mol. The van der Waals surface area contributed by atoms with E-state index < -0.39 is 47.2 Å². The number of fused-ring (bicyclic) bond motifs is 3. The van der Waals surface area contributed by atoms with Gasteiger partial charge in [0.25, 0.3) is 0 Å². The number of aromatic nitrogens is 9. The van der Waals surface area contributed by atoms with Crippen molar-refractivity contribution in [3.8, 4) is 22.3 Å². The van der Waals surface area contributed by atoms with Crippen LogP contribution in [0.15, 0.2) is 104 Å². The SMILES string of the molecule is CCCCC(C(=O)NCc1ccc(F)c(-c2cccc(CN3CCN[C@@H](C)C3)c2)c1)C(=O)NCc1c(CC)nc2c(cnn2CC)c1NC1CCOCC1.CCCCC(C(=O)O)C(=O)NCc1c(CC)nc2c(cnn2CC)c1NC1CCOCC1.CCCCC(C(=O)O)C(=O)O.CCc1nc2c(cnn2CC)c(NC2CCOCC2)c1CN.C[C@H]1CN(Cc2cccc(-c3cc(CN)ccc3F)c2)CCN1C(=O)OC(C)(C)C. The van der Waals surface area contributed by atoms with Crippen molar-refractivity contribution in [2.24, 2.45) is 29.2 Å². The molecule has 4 amide bonds. The number of hydrogen-bond donors (Lipinski definition) is 12. The predicted molar refractivity (Wildman–Crippen MR) is 577 cm³/mol. The van der Waals surface area contributed by atoms with E-state index in [1.807, 2.05) is 138 Å². The van der Waals surface area contributed by atoms with Gasteiger partial charge in [-0.1, -0.05) is 129 Å². The summed E-state index contributed by atoms with van der Waals surface area (Å²) in [4.78, 5) is 106. The molecule has 149 heavy (non-hydrogen) atoms. The highest BCUT2D eigenvalue weighted by Gasteiger charge is 2.35. The molecule has 35 nitrogen and oxygen atoms in total. The van der Waals surface area contributed by atoms with Crippen molar-refractivity contribution < 1.29 is 76.6 Å². The van der Waals surface area contributed by atoms with Gasteiger partial charge in [0.15, 0.2) is 22.9 Å². The Morgan fingerprint density at radius 3 is 1.25 bits per heavy atom. The molecule has 4 atom stereocenters. The molecule has 5 aliphatic rings. The first-order chi connectivity index (χ1) is 71.8. The number of carboxylic acids is 3. The van der Waals surface area contributed by atoms with Crippen molar-refractivity contribution in [1.29, 1.82) is 0 Å². The smallest absolute Gasteiger partial charge is 0.410 e. The second-order valence-electron chi connectivity index (χ2n) is 40.0.